The molecule has 1 amide bonds. The molecule has 1 aliphatic rings. The highest BCUT2D eigenvalue weighted by Crippen LogP contribution is 2.31. The Labute approximate surface area is 196 Å². The van der Waals surface area contributed by atoms with Gasteiger partial charge < -0.3 is 5.32 Å². The second-order valence-electron chi connectivity index (χ2n) is 8.75. The summed E-state index contributed by atoms with van der Waals surface area (Å²) < 4.78 is 28.6. The molecule has 0 saturated heterocycles. The van der Waals surface area contributed by atoms with Crippen LogP contribution in [0.1, 0.15) is 46.7 Å². The van der Waals surface area contributed by atoms with Crippen LogP contribution in [0.4, 0.5) is 5.69 Å². The molecule has 0 saturated carbocycles. The Hall–Kier alpha value is -3.12. The van der Waals surface area contributed by atoms with Crippen LogP contribution in [0.2, 0.25) is 0 Å². The lowest BCUT2D eigenvalue weighted by Gasteiger charge is -2.29. The Morgan fingerprint density at radius 2 is 1.70 bits per heavy atom. The Morgan fingerprint density at radius 3 is 2.45 bits per heavy atom. The molecule has 1 aliphatic carbocycles. The highest BCUT2D eigenvalue weighted by atomic mass is 32.2. The van der Waals surface area contributed by atoms with Crippen LogP contribution in [-0.4, -0.2) is 20.9 Å². The van der Waals surface area contributed by atoms with Crippen molar-refractivity contribution < 1.29 is 13.2 Å². The molecule has 33 heavy (non-hydrogen) atoms. The molecule has 0 aliphatic heterocycles. The Kier molecular flexibility index (Phi) is 6.56. The van der Waals surface area contributed by atoms with Crippen molar-refractivity contribution in [3.8, 4) is 0 Å². The molecular formula is C27H30N2O3S. The van der Waals surface area contributed by atoms with Crippen LogP contribution in [0.15, 0.2) is 71.6 Å². The van der Waals surface area contributed by atoms with Crippen molar-refractivity contribution in [2.24, 2.45) is 0 Å². The SMILES string of the molecule is Cc1ccc(S(=O)(=O)N(CC(=O)N[C@@H]2CCCc3ccccc32)c2cccc(C)c2C)cc1. The number of anilines is 1. The van der Waals surface area contributed by atoms with Crippen molar-refractivity contribution in [2.45, 2.75) is 51.0 Å². The van der Waals surface area contributed by atoms with Crippen LogP contribution in [0.3, 0.4) is 0 Å². The molecule has 1 N–H and O–H groups in total. The second-order valence-corrected chi connectivity index (χ2v) is 10.6. The van der Waals surface area contributed by atoms with E-state index in [1.165, 1.54) is 9.87 Å². The van der Waals surface area contributed by atoms with Crippen LogP contribution >= 0.6 is 0 Å². The number of benzene rings is 3. The van der Waals surface area contributed by atoms with Gasteiger partial charge in [-0.25, -0.2) is 8.42 Å². The maximum absolute atomic E-state index is 13.7. The molecule has 6 heteroatoms. The zero-order valence-corrected chi connectivity index (χ0v) is 20.2. The first-order chi connectivity index (χ1) is 15.8. The summed E-state index contributed by atoms with van der Waals surface area (Å²) in [5.74, 6) is -0.312. The molecular weight excluding hydrogens is 432 g/mol. The zero-order valence-electron chi connectivity index (χ0n) is 19.3. The smallest absolute Gasteiger partial charge is 0.264 e. The van der Waals surface area contributed by atoms with Crippen LogP contribution in [0.5, 0.6) is 0 Å². The van der Waals surface area contributed by atoms with Gasteiger partial charge in [0.1, 0.15) is 6.54 Å². The van der Waals surface area contributed by atoms with Crippen molar-refractivity contribution in [2.75, 3.05) is 10.8 Å². The summed E-state index contributed by atoms with van der Waals surface area (Å²) in [6, 6.07) is 20.3. The monoisotopic (exact) mass is 462 g/mol. The highest BCUT2D eigenvalue weighted by Gasteiger charge is 2.30. The quantitative estimate of drug-likeness (QED) is 0.561. The van der Waals surface area contributed by atoms with Crippen LogP contribution in [0, 0.1) is 20.8 Å². The molecule has 0 fully saturated rings. The van der Waals surface area contributed by atoms with Crippen LogP contribution < -0.4 is 9.62 Å². The molecule has 3 aromatic carbocycles. The number of carbonyl (C=O) groups is 1. The van der Waals surface area contributed by atoms with E-state index in [0.29, 0.717) is 5.69 Å². The van der Waals surface area contributed by atoms with Gasteiger partial charge >= 0.3 is 0 Å². The van der Waals surface area contributed by atoms with E-state index in [0.717, 1.165) is 41.5 Å². The van der Waals surface area contributed by atoms with E-state index in [2.05, 4.69) is 11.4 Å². The number of hydrogen-bond acceptors (Lipinski definition) is 3. The summed E-state index contributed by atoms with van der Waals surface area (Å²) in [7, 11) is -3.93. The van der Waals surface area contributed by atoms with Crippen molar-refractivity contribution in [3.63, 3.8) is 0 Å². The van der Waals surface area contributed by atoms with E-state index >= 15 is 0 Å². The van der Waals surface area contributed by atoms with Gasteiger partial charge in [0.15, 0.2) is 0 Å². The van der Waals surface area contributed by atoms with Gasteiger partial charge in [0.05, 0.1) is 16.6 Å². The minimum atomic E-state index is -3.93. The van der Waals surface area contributed by atoms with Crippen LogP contribution in [0.25, 0.3) is 0 Å². The molecule has 0 aromatic heterocycles. The number of hydrogen-bond donors (Lipinski definition) is 1. The van der Waals surface area contributed by atoms with Gasteiger partial charge in [-0.15, -0.1) is 0 Å². The normalized spacial score (nSPS) is 15.5. The second kappa shape index (κ2) is 9.40. The summed E-state index contributed by atoms with van der Waals surface area (Å²) in [5, 5.41) is 3.10. The predicted octanol–water partition coefficient (Wildman–Crippen LogP) is 5.00. The summed E-state index contributed by atoms with van der Waals surface area (Å²) in [5.41, 5.74) is 5.67. The number of sulfonamides is 1. The molecule has 0 radical (unpaired) electrons. The standard InChI is InChI=1S/C27H30N2O3S/c1-19-14-16-23(17-15-19)33(31,32)29(26-13-6-8-20(2)21(26)3)18-27(30)28-25-12-7-10-22-9-4-5-11-24(22)25/h4-6,8-9,11,13-17,25H,7,10,12,18H2,1-3H3,(H,28,30)/t25-/m1/s1. The van der Waals surface area contributed by atoms with Crippen LogP contribution in [-0.2, 0) is 21.2 Å². The van der Waals surface area contributed by atoms with Crippen molar-refractivity contribution >= 4 is 21.6 Å². The molecule has 0 unspecified atom stereocenters. The number of amides is 1. The first-order valence-corrected chi connectivity index (χ1v) is 12.7. The van der Waals surface area contributed by atoms with Gasteiger partial charge in [-0.1, -0.05) is 54.1 Å². The number of nitrogens with zero attached hydrogens (tertiary/aromatic N) is 1. The van der Waals surface area contributed by atoms with E-state index in [1.807, 2.05) is 51.1 Å². The summed E-state index contributed by atoms with van der Waals surface area (Å²) >= 11 is 0. The molecule has 3 aromatic rings. The molecule has 5 nitrogen and oxygen atoms in total. The molecule has 0 spiro atoms. The average molecular weight is 463 g/mol. The summed E-state index contributed by atoms with van der Waals surface area (Å²) in [6.45, 7) is 5.46. The maximum atomic E-state index is 13.7. The largest absolute Gasteiger partial charge is 0.348 e. The lowest BCUT2D eigenvalue weighted by atomic mass is 9.88. The first-order valence-electron chi connectivity index (χ1n) is 11.3. The molecule has 0 bridgehead atoms. The Morgan fingerprint density at radius 1 is 0.970 bits per heavy atom. The van der Waals surface area contributed by atoms with Crippen molar-refractivity contribution in [1.29, 1.82) is 0 Å². The minimum Gasteiger partial charge on any atom is -0.348 e. The van der Waals surface area contributed by atoms with E-state index < -0.39 is 10.0 Å². The van der Waals surface area contributed by atoms with E-state index in [4.69, 9.17) is 0 Å². The number of fused-ring (bicyclic) bond motifs is 1. The molecule has 1 atom stereocenters. The zero-order chi connectivity index (χ0) is 23.6. The third kappa shape index (κ3) is 4.81. The van der Waals surface area contributed by atoms with E-state index in [9.17, 15) is 13.2 Å². The Bertz CT molecular complexity index is 1270. The first kappa shape index (κ1) is 23.1. The van der Waals surface area contributed by atoms with Gasteiger partial charge in [0.25, 0.3) is 10.0 Å². The third-order valence-corrected chi connectivity index (χ3v) is 8.22. The number of rotatable bonds is 6. The molecule has 0 heterocycles. The van der Waals surface area contributed by atoms with E-state index in [1.54, 1.807) is 30.3 Å². The van der Waals surface area contributed by atoms with Gasteiger partial charge in [0, 0.05) is 0 Å². The van der Waals surface area contributed by atoms with Gasteiger partial charge in [-0.2, -0.15) is 0 Å². The maximum Gasteiger partial charge on any atom is 0.264 e. The highest BCUT2D eigenvalue weighted by molar-refractivity contribution is 7.92. The number of carbonyl (C=O) groups excluding carboxylic acids is 1. The Balaban J connectivity index is 1.67. The minimum absolute atomic E-state index is 0.106. The lowest BCUT2D eigenvalue weighted by molar-refractivity contribution is -0.120. The van der Waals surface area contributed by atoms with Crippen molar-refractivity contribution in [3.05, 3.63) is 94.5 Å². The fraction of sp³-hybridized carbons (Fsp3) is 0.296. The predicted molar refractivity (Wildman–Crippen MR) is 132 cm³/mol. The van der Waals surface area contributed by atoms with E-state index in [-0.39, 0.29) is 23.4 Å². The van der Waals surface area contributed by atoms with Crippen molar-refractivity contribution in [1.82, 2.24) is 5.32 Å². The number of nitrogens with one attached hydrogen (secondary N) is 1. The molecule has 4 rings (SSSR count). The lowest BCUT2D eigenvalue weighted by Crippen LogP contribution is -2.42. The fourth-order valence-electron chi connectivity index (χ4n) is 4.42. The topological polar surface area (TPSA) is 66.5 Å². The average Bonchev–Trinajstić information content (AvgIpc) is 2.80. The van der Waals surface area contributed by atoms with Gasteiger partial charge in [-0.3, -0.25) is 9.10 Å². The van der Waals surface area contributed by atoms with Gasteiger partial charge in [0.2, 0.25) is 5.91 Å². The fourth-order valence-corrected chi connectivity index (χ4v) is 5.90. The van der Waals surface area contributed by atoms with Gasteiger partial charge in [-0.05, 0) is 80.5 Å². The number of aryl methyl sites for hydroxylation is 3. The summed E-state index contributed by atoms with van der Waals surface area (Å²) in [6.07, 6.45) is 2.83. The summed E-state index contributed by atoms with van der Waals surface area (Å²) in [4.78, 5) is 13.4. The third-order valence-electron chi connectivity index (χ3n) is 6.45. The molecule has 172 valence electrons.